The largest absolute Gasteiger partial charge is 0.477 e. The highest BCUT2D eigenvalue weighted by Gasteiger charge is 2.31. The molecule has 0 aliphatic carbocycles. The fourth-order valence-electron chi connectivity index (χ4n) is 7.12. The van der Waals surface area contributed by atoms with Crippen molar-refractivity contribution < 1.29 is 38.2 Å². The van der Waals surface area contributed by atoms with Gasteiger partial charge in [0.25, 0.3) is 0 Å². The summed E-state index contributed by atoms with van der Waals surface area (Å²) in [4.78, 5) is 37.1. The van der Waals surface area contributed by atoms with Crippen LogP contribution in [0.1, 0.15) is 206 Å². The lowest BCUT2D eigenvalue weighted by Gasteiger charge is -2.31. The van der Waals surface area contributed by atoms with E-state index < -0.39 is 18.1 Å². The van der Waals surface area contributed by atoms with Crippen LogP contribution in [0.5, 0.6) is 0 Å². The summed E-state index contributed by atoms with van der Waals surface area (Å²) in [5, 5.41) is 9.65. The molecule has 0 fully saturated rings. The van der Waals surface area contributed by atoms with Crippen molar-refractivity contribution in [2.24, 2.45) is 0 Å². The normalized spacial score (nSPS) is 13.4. The second-order valence-corrected chi connectivity index (χ2v) is 17.7. The fourth-order valence-corrected chi connectivity index (χ4v) is 7.12. The minimum Gasteiger partial charge on any atom is -0.477 e. The molecule has 0 bridgehead atoms. The minimum absolute atomic E-state index is 0.0505. The van der Waals surface area contributed by atoms with Crippen LogP contribution in [0.15, 0.2) is 60.8 Å². The Hall–Kier alpha value is -2.97. The lowest BCUT2D eigenvalue weighted by molar-refractivity contribution is -0.887. The summed E-state index contributed by atoms with van der Waals surface area (Å²) in [5.74, 6) is -1.50. The van der Waals surface area contributed by atoms with Crippen LogP contribution >= 0.6 is 0 Å². The number of likely N-dealkylation sites (N-methyl/N-ethyl adjacent to an activating group) is 1. The number of ether oxygens (including phenoxy) is 3. The third kappa shape index (κ3) is 42.1. The van der Waals surface area contributed by atoms with E-state index >= 15 is 0 Å². The maximum atomic E-state index is 12.8. The van der Waals surface area contributed by atoms with E-state index in [1.807, 2.05) is 21.1 Å². The molecule has 0 spiro atoms. The molecule has 352 valence electrons. The summed E-state index contributed by atoms with van der Waals surface area (Å²) in [6.07, 6.45) is 54.1. The van der Waals surface area contributed by atoms with Gasteiger partial charge >= 0.3 is 17.9 Å². The zero-order valence-corrected chi connectivity index (χ0v) is 40.1. The van der Waals surface area contributed by atoms with Crippen molar-refractivity contribution in [2.75, 3.05) is 41.0 Å². The van der Waals surface area contributed by atoms with E-state index in [9.17, 15) is 19.5 Å². The van der Waals surface area contributed by atoms with Crippen molar-refractivity contribution in [3.63, 3.8) is 0 Å². The molecule has 61 heavy (non-hydrogen) atoms. The maximum Gasteiger partial charge on any atom is 0.362 e. The third-order valence-corrected chi connectivity index (χ3v) is 10.9. The van der Waals surface area contributed by atoms with Gasteiger partial charge in [-0.05, 0) is 57.8 Å². The average molecular weight is 857 g/mol. The summed E-state index contributed by atoms with van der Waals surface area (Å²) < 4.78 is 17.3. The van der Waals surface area contributed by atoms with Gasteiger partial charge in [0.15, 0.2) is 12.1 Å². The summed E-state index contributed by atoms with van der Waals surface area (Å²) in [7, 11) is 5.52. The molecule has 0 aromatic heterocycles. The van der Waals surface area contributed by atoms with Crippen molar-refractivity contribution in [1.82, 2.24) is 0 Å². The molecule has 2 atom stereocenters. The maximum absolute atomic E-state index is 12.8. The highest BCUT2D eigenvalue weighted by atomic mass is 16.6. The molecule has 0 aliphatic rings. The van der Waals surface area contributed by atoms with Crippen molar-refractivity contribution in [1.29, 1.82) is 0 Å². The number of carbonyl (C=O) groups is 3. The molecule has 0 heterocycles. The van der Waals surface area contributed by atoms with Crippen molar-refractivity contribution in [3.05, 3.63) is 60.8 Å². The van der Waals surface area contributed by atoms with Crippen LogP contribution in [0.4, 0.5) is 0 Å². The summed E-state index contributed by atoms with van der Waals surface area (Å²) in [6, 6.07) is -0.621. The number of hydrogen-bond donors (Lipinski definition) is 1. The van der Waals surface area contributed by atoms with Crippen LogP contribution in [-0.4, -0.2) is 80.6 Å². The predicted molar refractivity (Wildman–Crippen MR) is 257 cm³/mol. The first-order valence-corrected chi connectivity index (χ1v) is 24.8. The second-order valence-electron chi connectivity index (χ2n) is 17.7. The van der Waals surface area contributed by atoms with Crippen molar-refractivity contribution >= 4 is 17.9 Å². The van der Waals surface area contributed by atoms with Gasteiger partial charge in [0, 0.05) is 19.3 Å². The van der Waals surface area contributed by atoms with Gasteiger partial charge in [-0.15, -0.1) is 0 Å². The number of esters is 2. The number of quaternary nitrogens is 1. The lowest BCUT2D eigenvalue weighted by Crippen LogP contribution is -2.50. The Kier molecular flexibility index (Phi) is 41.5. The quantitative estimate of drug-likeness (QED) is 0.0282. The number of rotatable bonds is 44. The van der Waals surface area contributed by atoms with E-state index in [2.05, 4.69) is 74.6 Å². The molecule has 8 heteroatoms. The number of unbranched alkanes of at least 4 members (excludes halogenated alkanes) is 20. The Balaban J connectivity index is 4.32. The van der Waals surface area contributed by atoms with E-state index in [1.165, 1.54) is 96.3 Å². The van der Waals surface area contributed by atoms with Crippen molar-refractivity contribution in [2.45, 2.75) is 219 Å². The average Bonchev–Trinajstić information content (AvgIpc) is 3.22. The highest BCUT2D eigenvalue weighted by Crippen LogP contribution is 2.16. The van der Waals surface area contributed by atoms with E-state index in [0.29, 0.717) is 19.3 Å². The first-order chi connectivity index (χ1) is 29.6. The Bertz CT molecular complexity index is 1180. The number of carboxylic acids is 1. The van der Waals surface area contributed by atoms with Gasteiger partial charge in [0.05, 0.1) is 34.4 Å². The van der Waals surface area contributed by atoms with E-state index in [-0.39, 0.29) is 36.2 Å². The number of allylic oxidation sites excluding steroid dienone is 10. The van der Waals surface area contributed by atoms with E-state index in [4.69, 9.17) is 14.2 Å². The Morgan fingerprint density at radius 3 is 1.36 bits per heavy atom. The fraction of sp³-hybridized carbons (Fsp3) is 0.755. The van der Waals surface area contributed by atoms with Crippen LogP contribution in [0, 0.1) is 0 Å². The molecular formula is C53H94NO7+. The van der Waals surface area contributed by atoms with Crippen LogP contribution in [0.2, 0.25) is 0 Å². The minimum atomic E-state index is -0.879. The lowest BCUT2D eigenvalue weighted by atomic mass is 10.0. The molecule has 1 N–H and O–H groups in total. The molecular weight excluding hydrogens is 763 g/mol. The van der Waals surface area contributed by atoms with Gasteiger partial charge in [-0.3, -0.25) is 9.59 Å². The number of aliphatic carboxylic acids is 1. The van der Waals surface area contributed by atoms with Crippen LogP contribution in [0.3, 0.4) is 0 Å². The van der Waals surface area contributed by atoms with Crippen LogP contribution < -0.4 is 0 Å². The number of carboxylic acid groups (broad SMARTS) is 1. The number of nitrogens with zero attached hydrogens (tertiary/aromatic N) is 1. The van der Waals surface area contributed by atoms with E-state index in [0.717, 1.165) is 77.0 Å². The smallest absolute Gasteiger partial charge is 0.362 e. The first kappa shape index (κ1) is 58.0. The van der Waals surface area contributed by atoms with Gasteiger partial charge in [-0.25, -0.2) is 4.79 Å². The van der Waals surface area contributed by atoms with Crippen molar-refractivity contribution in [3.8, 4) is 0 Å². The van der Waals surface area contributed by atoms with Gasteiger partial charge in [0.1, 0.15) is 6.61 Å². The molecule has 2 unspecified atom stereocenters. The predicted octanol–water partition coefficient (Wildman–Crippen LogP) is 14.1. The van der Waals surface area contributed by atoms with Crippen LogP contribution in [0.25, 0.3) is 0 Å². The molecule has 8 nitrogen and oxygen atoms in total. The van der Waals surface area contributed by atoms with Crippen LogP contribution in [-0.2, 0) is 28.6 Å². The number of carbonyl (C=O) groups excluding carboxylic acids is 2. The molecule has 0 radical (unpaired) electrons. The molecule has 0 rings (SSSR count). The highest BCUT2D eigenvalue weighted by molar-refractivity contribution is 5.72. The third-order valence-electron chi connectivity index (χ3n) is 10.9. The second kappa shape index (κ2) is 43.7. The topological polar surface area (TPSA) is 99.1 Å². The number of hydrogen-bond acceptors (Lipinski definition) is 6. The van der Waals surface area contributed by atoms with Gasteiger partial charge in [-0.1, -0.05) is 190 Å². The summed E-state index contributed by atoms with van der Waals surface area (Å²) in [6.45, 7) is 4.61. The molecule has 0 amide bonds. The Morgan fingerprint density at radius 1 is 0.508 bits per heavy atom. The van der Waals surface area contributed by atoms with E-state index in [1.54, 1.807) is 0 Å². The molecule has 0 saturated heterocycles. The van der Waals surface area contributed by atoms with Gasteiger partial charge in [-0.2, -0.15) is 0 Å². The summed E-state index contributed by atoms with van der Waals surface area (Å²) in [5.41, 5.74) is 0. The monoisotopic (exact) mass is 857 g/mol. The van der Waals surface area contributed by atoms with Gasteiger partial charge in [0.2, 0.25) is 0 Å². The SMILES string of the molecule is CC/C=C/C/C=C/C/C=C/C/C=C/C/C=C/CCCCCC(=O)OCC(COCCC(C(=O)O)[N+](C)(C)C)OC(=O)CCCCCCCCCCCCCCCCCCCC. The zero-order valence-electron chi connectivity index (χ0n) is 40.1. The zero-order chi connectivity index (χ0) is 44.9. The summed E-state index contributed by atoms with van der Waals surface area (Å²) >= 11 is 0. The van der Waals surface area contributed by atoms with Gasteiger partial charge < -0.3 is 23.8 Å². The standard InChI is InChI=1S/C53H93NO7/c1-6-8-10-12-14-16-18-20-22-24-26-28-29-31-33-35-37-39-41-43-51(55)60-48-49(47-59-46-45-50(53(57)58)54(3,4)5)61-52(56)44-42-40-38-36-34-32-30-27-25-23-21-19-17-15-13-11-9-7-2/h8,10,14,16,20,22,26,28,31,33,49-50H,6-7,9,11-13,15,17-19,21,23-25,27,29-30,32,34-48H2,1-5H3/p+1/b10-8+,16-14+,22-20+,28-26+,33-31+. The Morgan fingerprint density at radius 2 is 0.918 bits per heavy atom. The molecule has 0 aromatic rings. The molecule has 0 aromatic carbocycles. The molecule has 0 saturated carbocycles. The first-order valence-electron chi connectivity index (χ1n) is 24.8. The Labute approximate surface area is 375 Å². The molecule has 0 aliphatic heterocycles.